The van der Waals surface area contributed by atoms with Crippen LogP contribution in [0.1, 0.15) is 28.5 Å². The predicted octanol–water partition coefficient (Wildman–Crippen LogP) is 7.21. The molecule has 12 heteroatoms. The molecule has 1 heterocycles. The van der Waals surface area contributed by atoms with Gasteiger partial charge >= 0.3 is 18.0 Å². The van der Waals surface area contributed by atoms with Gasteiger partial charge in [0.1, 0.15) is 5.69 Å². The SMILES string of the molecule is COC(O)c1cc(-c2cc(-c3c(C)cc(C(F)(C(F)(F)F)C(F)(F)F)cc3C)no2)ccc1Cl. The fourth-order valence-corrected chi connectivity index (χ4v) is 3.81. The molecule has 1 N–H and O–H groups in total. The maximum atomic E-state index is 14.5. The van der Waals surface area contributed by atoms with Crippen molar-refractivity contribution in [2.75, 3.05) is 7.11 Å². The molecule has 0 aliphatic carbocycles. The van der Waals surface area contributed by atoms with E-state index >= 15 is 0 Å². The number of hydrogen-bond acceptors (Lipinski definition) is 4. The predicted molar refractivity (Wildman–Crippen MR) is 109 cm³/mol. The molecule has 2 aromatic carbocycles. The third-order valence-corrected chi connectivity index (χ3v) is 5.59. The van der Waals surface area contributed by atoms with Crippen LogP contribution < -0.4 is 0 Å². The van der Waals surface area contributed by atoms with E-state index in [1.165, 1.54) is 39.2 Å². The van der Waals surface area contributed by atoms with Gasteiger partial charge in [-0.05, 0) is 43.2 Å². The third kappa shape index (κ3) is 4.39. The molecule has 0 saturated heterocycles. The zero-order chi connectivity index (χ0) is 25.6. The molecule has 0 aliphatic heterocycles. The topological polar surface area (TPSA) is 55.5 Å². The second-order valence-corrected chi connectivity index (χ2v) is 7.95. The summed E-state index contributed by atoms with van der Waals surface area (Å²) >= 11 is 6.04. The normalized spacial score (nSPS) is 13.9. The van der Waals surface area contributed by atoms with E-state index in [4.69, 9.17) is 20.9 Å². The van der Waals surface area contributed by atoms with Gasteiger partial charge in [-0.25, -0.2) is 4.39 Å². The second kappa shape index (κ2) is 8.86. The largest absolute Gasteiger partial charge is 0.435 e. The molecule has 34 heavy (non-hydrogen) atoms. The summed E-state index contributed by atoms with van der Waals surface area (Å²) in [6.07, 6.45) is -13.8. The van der Waals surface area contributed by atoms with Crippen molar-refractivity contribution in [1.29, 1.82) is 0 Å². The minimum atomic E-state index is -6.22. The Hall–Kier alpha value is -2.63. The van der Waals surface area contributed by atoms with Gasteiger partial charge in [-0.3, -0.25) is 0 Å². The van der Waals surface area contributed by atoms with Crippen LogP contribution in [0.5, 0.6) is 0 Å². The highest BCUT2D eigenvalue weighted by Crippen LogP contribution is 2.54. The van der Waals surface area contributed by atoms with Gasteiger partial charge in [0, 0.05) is 40.5 Å². The van der Waals surface area contributed by atoms with E-state index in [-0.39, 0.29) is 38.7 Å². The Labute approximate surface area is 193 Å². The van der Waals surface area contributed by atoms with Crippen molar-refractivity contribution in [3.05, 3.63) is 63.7 Å². The number of rotatable bonds is 5. The third-order valence-electron chi connectivity index (χ3n) is 5.25. The molecule has 1 unspecified atom stereocenters. The van der Waals surface area contributed by atoms with Crippen LogP contribution in [0.3, 0.4) is 0 Å². The van der Waals surface area contributed by atoms with E-state index in [1.807, 2.05) is 0 Å². The van der Waals surface area contributed by atoms with Crippen LogP contribution in [-0.2, 0) is 10.4 Å². The second-order valence-electron chi connectivity index (χ2n) is 7.54. The van der Waals surface area contributed by atoms with Crippen LogP contribution in [0.4, 0.5) is 30.7 Å². The van der Waals surface area contributed by atoms with Crippen LogP contribution in [0.2, 0.25) is 5.02 Å². The summed E-state index contributed by atoms with van der Waals surface area (Å²) in [7, 11) is 1.26. The molecule has 0 saturated carbocycles. The summed E-state index contributed by atoms with van der Waals surface area (Å²) in [5, 5.41) is 14.0. The van der Waals surface area contributed by atoms with Gasteiger partial charge in [-0.15, -0.1) is 0 Å². The van der Waals surface area contributed by atoms with E-state index in [0.717, 1.165) is 0 Å². The van der Waals surface area contributed by atoms with Crippen molar-refractivity contribution in [3.8, 4) is 22.6 Å². The van der Waals surface area contributed by atoms with Gasteiger partial charge in [0.15, 0.2) is 12.1 Å². The van der Waals surface area contributed by atoms with Gasteiger partial charge in [0.25, 0.3) is 0 Å². The highest BCUT2D eigenvalue weighted by Gasteiger charge is 2.73. The van der Waals surface area contributed by atoms with Crippen LogP contribution in [0, 0.1) is 13.8 Å². The van der Waals surface area contributed by atoms with Crippen LogP contribution in [0.15, 0.2) is 40.9 Å². The molecule has 3 aromatic rings. The van der Waals surface area contributed by atoms with Gasteiger partial charge in [0.05, 0.1) is 0 Å². The smallest absolute Gasteiger partial charge is 0.364 e. The Morgan fingerprint density at radius 3 is 2.00 bits per heavy atom. The Morgan fingerprint density at radius 2 is 1.50 bits per heavy atom. The molecule has 184 valence electrons. The van der Waals surface area contributed by atoms with E-state index in [2.05, 4.69) is 5.16 Å². The maximum absolute atomic E-state index is 14.5. The standard InChI is InChI=1S/C22H17ClF7NO3/c1-10-6-13(20(24,21(25,26)27)22(28,29)30)7-11(2)18(10)16-9-17(34-31-16)12-4-5-15(23)14(8-12)19(32)33-3/h4-9,19,32H,1-3H3. The number of benzene rings is 2. The molecular weight excluding hydrogens is 495 g/mol. The molecular formula is C22H17ClF7NO3. The van der Waals surface area contributed by atoms with Crippen molar-refractivity contribution < 1.29 is 45.1 Å². The van der Waals surface area contributed by atoms with Crippen molar-refractivity contribution in [2.45, 2.75) is 38.2 Å². The molecule has 1 atom stereocenters. The Kier molecular flexibility index (Phi) is 6.77. The zero-order valence-corrected chi connectivity index (χ0v) is 18.5. The fraction of sp³-hybridized carbons (Fsp3) is 0.318. The van der Waals surface area contributed by atoms with Gasteiger partial charge in [0.2, 0.25) is 0 Å². The quantitative estimate of drug-likeness (QED) is 0.290. The Balaban J connectivity index is 2.08. The van der Waals surface area contributed by atoms with Gasteiger partial charge in [-0.1, -0.05) is 28.9 Å². The summed E-state index contributed by atoms with van der Waals surface area (Å²) in [4.78, 5) is 0. The van der Waals surface area contributed by atoms with Crippen molar-refractivity contribution >= 4 is 11.6 Å². The molecule has 1 aromatic heterocycles. The van der Waals surface area contributed by atoms with Crippen LogP contribution in [-0.4, -0.2) is 29.7 Å². The zero-order valence-electron chi connectivity index (χ0n) is 17.8. The Morgan fingerprint density at radius 1 is 0.941 bits per heavy atom. The monoisotopic (exact) mass is 511 g/mol. The summed E-state index contributed by atoms with van der Waals surface area (Å²) < 4.78 is 104. The van der Waals surface area contributed by atoms with Crippen LogP contribution in [0.25, 0.3) is 22.6 Å². The van der Waals surface area contributed by atoms with Crippen molar-refractivity contribution in [2.24, 2.45) is 0 Å². The average molecular weight is 512 g/mol. The highest BCUT2D eigenvalue weighted by atomic mass is 35.5. The maximum Gasteiger partial charge on any atom is 0.435 e. The number of ether oxygens (including phenoxy) is 1. The number of halogens is 8. The summed E-state index contributed by atoms with van der Waals surface area (Å²) in [5.74, 6) is 0.171. The highest BCUT2D eigenvalue weighted by molar-refractivity contribution is 6.31. The number of aliphatic hydroxyl groups is 1. The van der Waals surface area contributed by atoms with Crippen molar-refractivity contribution in [3.63, 3.8) is 0 Å². The fourth-order valence-electron chi connectivity index (χ4n) is 3.60. The van der Waals surface area contributed by atoms with E-state index in [0.29, 0.717) is 17.7 Å². The Bertz CT molecular complexity index is 1170. The lowest BCUT2D eigenvalue weighted by molar-refractivity contribution is -0.348. The molecule has 0 bridgehead atoms. The number of methoxy groups -OCH3 is 1. The molecule has 0 spiro atoms. The average Bonchev–Trinajstić information content (AvgIpc) is 3.20. The number of aliphatic hydroxyl groups excluding tert-OH is 1. The van der Waals surface area contributed by atoms with Crippen LogP contribution >= 0.6 is 11.6 Å². The summed E-state index contributed by atoms with van der Waals surface area (Å²) in [5.41, 5.74) is -6.33. The lowest BCUT2D eigenvalue weighted by Gasteiger charge is -2.31. The minimum Gasteiger partial charge on any atom is -0.364 e. The summed E-state index contributed by atoms with van der Waals surface area (Å²) in [6.45, 7) is 2.48. The van der Waals surface area contributed by atoms with Gasteiger partial charge < -0.3 is 14.4 Å². The van der Waals surface area contributed by atoms with E-state index < -0.39 is 29.9 Å². The van der Waals surface area contributed by atoms with E-state index in [1.54, 1.807) is 6.07 Å². The minimum absolute atomic E-state index is 0.0722. The lowest BCUT2D eigenvalue weighted by atomic mass is 9.88. The number of aryl methyl sites for hydroxylation is 2. The molecule has 0 aliphatic rings. The summed E-state index contributed by atoms with van der Waals surface area (Å²) in [6, 6.07) is 6.87. The van der Waals surface area contributed by atoms with E-state index in [9.17, 15) is 35.8 Å². The first-order valence-electron chi connectivity index (χ1n) is 9.53. The molecule has 0 radical (unpaired) electrons. The van der Waals surface area contributed by atoms with Crippen molar-refractivity contribution in [1.82, 2.24) is 5.16 Å². The first-order valence-corrected chi connectivity index (χ1v) is 9.91. The molecule has 0 fully saturated rings. The number of aromatic nitrogens is 1. The number of alkyl halides is 7. The first-order chi connectivity index (χ1) is 15.6. The lowest BCUT2D eigenvalue weighted by Crippen LogP contribution is -2.50. The van der Waals surface area contributed by atoms with Gasteiger partial charge in [-0.2, -0.15) is 26.3 Å². The molecule has 0 amide bonds. The number of nitrogens with zero attached hydrogens (tertiary/aromatic N) is 1. The molecule has 3 rings (SSSR count). The molecule has 4 nitrogen and oxygen atoms in total. The number of hydrogen-bond donors (Lipinski definition) is 1. The first kappa shape index (κ1) is 26.0.